The van der Waals surface area contributed by atoms with Gasteiger partial charge in [0.05, 0.1) is 10.5 Å². The topological polar surface area (TPSA) is 51.8 Å². The van der Waals surface area contributed by atoms with Crippen molar-refractivity contribution in [1.29, 1.82) is 0 Å². The Kier molecular flexibility index (Phi) is 2.91. The molecule has 1 aromatic heterocycles. The molecule has 0 aliphatic heterocycles. The number of nitrogens with zero attached hydrogens (tertiary/aromatic N) is 2. The molecule has 2 rings (SSSR count). The van der Waals surface area contributed by atoms with Crippen molar-refractivity contribution in [2.24, 2.45) is 0 Å². The van der Waals surface area contributed by atoms with E-state index in [4.69, 9.17) is 28.9 Å². The van der Waals surface area contributed by atoms with E-state index in [1.54, 1.807) is 12.1 Å². The standard InChI is InChI=1S/C11H11Cl2N3/c1-5(2)11-15-9-7(10(14)16-11)3-6(12)4-8(9)13/h3-5H,1-2H3,(H2,14,15,16). The zero-order valence-corrected chi connectivity index (χ0v) is 10.5. The van der Waals surface area contributed by atoms with Crippen LogP contribution in [-0.2, 0) is 0 Å². The minimum atomic E-state index is 0.207. The van der Waals surface area contributed by atoms with Crippen LogP contribution in [0.2, 0.25) is 10.0 Å². The first-order chi connectivity index (χ1) is 7.49. The molecule has 0 bridgehead atoms. The predicted molar refractivity (Wildman–Crippen MR) is 68.1 cm³/mol. The van der Waals surface area contributed by atoms with Crippen molar-refractivity contribution < 1.29 is 0 Å². The van der Waals surface area contributed by atoms with E-state index in [1.165, 1.54) is 0 Å². The average Bonchev–Trinajstić information content (AvgIpc) is 2.19. The SMILES string of the molecule is CC(C)c1nc(N)c2cc(Cl)cc(Cl)c2n1. The van der Waals surface area contributed by atoms with E-state index < -0.39 is 0 Å². The van der Waals surface area contributed by atoms with E-state index in [1.807, 2.05) is 13.8 Å². The van der Waals surface area contributed by atoms with Gasteiger partial charge in [0, 0.05) is 16.3 Å². The van der Waals surface area contributed by atoms with Gasteiger partial charge in [0.25, 0.3) is 0 Å². The smallest absolute Gasteiger partial charge is 0.135 e. The largest absolute Gasteiger partial charge is 0.383 e. The second-order valence-electron chi connectivity index (χ2n) is 3.91. The summed E-state index contributed by atoms with van der Waals surface area (Å²) in [5, 5.41) is 1.73. The summed E-state index contributed by atoms with van der Waals surface area (Å²) in [6.45, 7) is 4.01. The predicted octanol–water partition coefficient (Wildman–Crippen LogP) is 3.64. The molecule has 1 heterocycles. The lowest BCUT2D eigenvalue weighted by atomic mass is 10.2. The third kappa shape index (κ3) is 1.93. The van der Waals surface area contributed by atoms with E-state index >= 15 is 0 Å². The minimum absolute atomic E-state index is 0.207. The summed E-state index contributed by atoms with van der Waals surface area (Å²) >= 11 is 12.0. The molecule has 0 aliphatic rings. The summed E-state index contributed by atoms with van der Waals surface area (Å²) in [7, 11) is 0. The van der Waals surface area contributed by atoms with Gasteiger partial charge in [-0.05, 0) is 12.1 Å². The third-order valence-corrected chi connectivity index (χ3v) is 2.79. The lowest BCUT2D eigenvalue weighted by Gasteiger charge is -2.09. The minimum Gasteiger partial charge on any atom is -0.383 e. The maximum atomic E-state index is 6.08. The van der Waals surface area contributed by atoms with Gasteiger partial charge in [-0.15, -0.1) is 0 Å². The van der Waals surface area contributed by atoms with Gasteiger partial charge in [-0.2, -0.15) is 0 Å². The fourth-order valence-electron chi connectivity index (χ4n) is 1.46. The summed E-state index contributed by atoms with van der Waals surface area (Å²) in [5.74, 6) is 1.31. The Morgan fingerprint density at radius 1 is 1.19 bits per heavy atom. The molecule has 0 saturated heterocycles. The molecule has 0 spiro atoms. The maximum absolute atomic E-state index is 6.08. The second-order valence-corrected chi connectivity index (χ2v) is 4.75. The monoisotopic (exact) mass is 255 g/mol. The first kappa shape index (κ1) is 11.4. The Hall–Kier alpha value is -1.06. The van der Waals surface area contributed by atoms with Gasteiger partial charge in [0.2, 0.25) is 0 Å². The van der Waals surface area contributed by atoms with Crippen molar-refractivity contribution in [3.8, 4) is 0 Å². The van der Waals surface area contributed by atoms with Crippen LogP contribution in [0.25, 0.3) is 10.9 Å². The van der Waals surface area contributed by atoms with E-state index in [0.717, 1.165) is 0 Å². The Morgan fingerprint density at radius 2 is 1.88 bits per heavy atom. The van der Waals surface area contributed by atoms with Crippen LogP contribution in [0.1, 0.15) is 25.6 Å². The summed E-state index contributed by atoms with van der Waals surface area (Å²) in [6.07, 6.45) is 0. The van der Waals surface area contributed by atoms with Crippen molar-refractivity contribution in [2.75, 3.05) is 5.73 Å². The van der Waals surface area contributed by atoms with Crippen molar-refractivity contribution in [3.05, 3.63) is 28.0 Å². The van der Waals surface area contributed by atoms with Gasteiger partial charge < -0.3 is 5.73 Å². The highest BCUT2D eigenvalue weighted by atomic mass is 35.5. The first-order valence-electron chi connectivity index (χ1n) is 4.91. The van der Waals surface area contributed by atoms with Crippen LogP contribution in [0.5, 0.6) is 0 Å². The number of hydrogen-bond donors (Lipinski definition) is 1. The van der Waals surface area contributed by atoms with Gasteiger partial charge in [-0.1, -0.05) is 37.0 Å². The highest BCUT2D eigenvalue weighted by Crippen LogP contribution is 2.30. The third-order valence-electron chi connectivity index (χ3n) is 2.28. The molecule has 0 saturated carbocycles. The van der Waals surface area contributed by atoms with Crippen LogP contribution in [0.15, 0.2) is 12.1 Å². The van der Waals surface area contributed by atoms with E-state index in [9.17, 15) is 0 Å². The maximum Gasteiger partial charge on any atom is 0.135 e. The van der Waals surface area contributed by atoms with Crippen LogP contribution in [-0.4, -0.2) is 9.97 Å². The molecule has 3 nitrogen and oxygen atoms in total. The number of anilines is 1. The number of rotatable bonds is 1. The number of halogens is 2. The van der Waals surface area contributed by atoms with Gasteiger partial charge in [0.1, 0.15) is 11.6 Å². The fourth-order valence-corrected chi connectivity index (χ4v) is 1.99. The average molecular weight is 256 g/mol. The summed E-state index contributed by atoms with van der Waals surface area (Å²) in [6, 6.07) is 3.38. The van der Waals surface area contributed by atoms with E-state index in [2.05, 4.69) is 9.97 Å². The van der Waals surface area contributed by atoms with Crippen molar-refractivity contribution >= 4 is 39.9 Å². The Balaban J connectivity index is 2.82. The molecule has 0 amide bonds. The highest BCUT2D eigenvalue weighted by molar-refractivity contribution is 6.38. The molecule has 0 fully saturated rings. The van der Waals surface area contributed by atoms with Crippen LogP contribution >= 0.6 is 23.2 Å². The quantitative estimate of drug-likeness (QED) is 0.847. The number of fused-ring (bicyclic) bond motifs is 1. The van der Waals surface area contributed by atoms with Gasteiger partial charge >= 0.3 is 0 Å². The zero-order valence-electron chi connectivity index (χ0n) is 8.96. The van der Waals surface area contributed by atoms with E-state index in [-0.39, 0.29) is 5.92 Å². The second kappa shape index (κ2) is 4.07. The molecule has 2 N–H and O–H groups in total. The van der Waals surface area contributed by atoms with Crippen LogP contribution < -0.4 is 5.73 Å². The molecular formula is C11H11Cl2N3. The number of nitrogen functional groups attached to an aromatic ring is 1. The van der Waals surface area contributed by atoms with Crippen LogP contribution in [0, 0.1) is 0 Å². The molecule has 2 aromatic rings. The number of hydrogen-bond acceptors (Lipinski definition) is 3. The molecule has 0 radical (unpaired) electrons. The van der Waals surface area contributed by atoms with Crippen LogP contribution in [0.3, 0.4) is 0 Å². The number of benzene rings is 1. The normalized spacial score (nSPS) is 11.3. The van der Waals surface area contributed by atoms with Crippen molar-refractivity contribution in [3.63, 3.8) is 0 Å². The van der Waals surface area contributed by atoms with Gasteiger partial charge in [0.15, 0.2) is 0 Å². The molecular weight excluding hydrogens is 245 g/mol. The molecule has 0 unspecified atom stereocenters. The zero-order chi connectivity index (χ0) is 11.9. The molecule has 0 aliphatic carbocycles. The fraction of sp³-hybridized carbons (Fsp3) is 0.273. The summed E-state index contributed by atoms with van der Waals surface area (Å²) in [5.41, 5.74) is 6.52. The molecule has 0 atom stereocenters. The summed E-state index contributed by atoms with van der Waals surface area (Å²) < 4.78 is 0. The lowest BCUT2D eigenvalue weighted by Crippen LogP contribution is -2.02. The first-order valence-corrected chi connectivity index (χ1v) is 5.67. The van der Waals surface area contributed by atoms with E-state index in [0.29, 0.717) is 32.6 Å². The lowest BCUT2D eigenvalue weighted by molar-refractivity contribution is 0.785. The van der Waals surface area contributed by atoms with Crippen LogP contribution in [0.4, 0.5) is 5.82 Å². The Labute approximate surface area is 104 Å². The highest BCUT2D eigenvalue weighted by Gasteiger charge is 2.11. The molecule has 5 heteroatoms. The summed E-state index contributed by atoms with van der Waals surface area (Å²) in [4.78, 5) is 8.63. The number of aromatic nitrogens is 2. The molecule has 84 valence electrons. The molecule has 16 heavy (non-hydrogen) atoms. The van der Waals surface area contributed by atoms with Crippen molar-refractivity contribution in [1.82, 2.24) is 9.97 Å². The Morgan fingerprint density at radius 3 is 2.50 bits per heavy atom. The van der Waals surface area contributed by atoms with Crippen molar-refractivity contribution in [2.45, 2.75) is 19.8 Å². The molecule has 1 aromatic carbocycles. The Bertz CT molecular complexity index is 552. The van der Waals surface area contributed by atoms with Gasteiger partial charge in [-0.3, -0.25) is 0 Å². The van der Waals surface area contributed by atoms with Gasteiger partial charge in [-0.25, -0.2) is 9.97 Å². The number of nitrogens with two attached hydrogens (primary N) is 1.